The average molecular weight is 328 g/mol. The van der Waals surface area contributed by atoms with Crippen LogP contribution in [0.25, 0.3) is 0 Å². The van der Waals surface area contributed by atoms with Crippen molar-refractivity contribution in [2.45, 2.75) is 38.0 Å². The molecule has 0 fully saturated rings. The van der Waals surface area contributed by atoms with E-state index in [0.29, 0.717) is 0 Å². The summed E-state index contributed by atoms with van der Waals surface area (Å²) < 4.78 is 24.6. The number of nitrogens with one attached hydrogen (secondary N) is 1. The molecule has 3 rings (SSSR count). The molecule has 23 heavy (non-hydrogen) atoms. The van der Waals surface area contributed by atoms with Crippen LogP contribution >= 0.6 is 0 Å². The van der Waals surface area contributed by atoms with E-state index in [0.717, 1.165) is 30.5 Å². The first-order valence-corrected chi connectivity index (χ1v) is 9.19. The number of benzene rings is 2. The van der Waals surface area contributed by atoms with Gasteiger partial charge in [0.25, 0.3) is 10.0 Å². The molecule has 2 aromatic carbocycles. The van der Waals surface area contributed by atoms with Crippen LogP contribution in [0.5, 0.6) is 0 Å². The van der Waals surface area contributed by atoms with Gasteiger partial charge in [-0.15, -0.1) is 0 Å². The Kier molecular flexibility index (Phi) is 4.22. The third kappa shape index (κ3) is 3.29. The Morgan fingerprint density at radius 1 is 1.04 bits per heavy atom. The zero-order chi connectivity index (χ0) is 16.4. The second-order valence-corrected chi connectivity index (χ2v) is 7.59. The molecule has 0 saturated heterocycles. The molecule has 1 aliphatic rings. The van der Waals surface area contributed by atoms with Crippen molar-refractivity contribution < 1.29 is 8.42 Å². The Bertz CT molecular complexity index is 856. The first kappa shape index (κ1) is 15.7. The Balaban J connectivity index is 1.94. The van der Waals surface area contributed by atoms with Gasteiger partial charge in [-0.25, -0.2) is 0 Å². The highest BCUT2D eigenvalue weighted by Crippen LogP contribution is 2.26. The van der Waals surface area contributed by atoms with Crippen LogP contribution in [0, 0.1) is 13.8 Å². The Morgan fingerprint density at radius 2 is 1.78 bits per heavy atom. The standard InChI is InChI=1S/C18H20N2O2S/c1-13-11-14(2)16-9-6-10-18(17(16)12-13)19-20-23(21,22)15-7-4-3-5-8-15/h3-5,7-8,11-12,20H,6,9-10H2,1-2H3. The zero-order valence-corrected chi connectivity index (χ0v) is 14.2. The molecule has 1 N–H and O–H groups in total. The van der Waals surface area contributed by atoms with Crippen LogP contribution in [-0.4, -0.2) is 14.1 Å². The SMILES string of the molecule is Cc1cc(C)c2c(c1)C(=NNS(=O)(=O)c1ccccc1)CCC2. The van der Waals surface area contributed by atoms with Crippen molar-refractivity contribution in [2.75, 3.05) is 0 Å². The first-order chi connectivity index (χ1) is 11.0. The van der Waals surface area contributed by atoms with Gasteiger partial charge in [0, 0.05) is 5.56 Å². The van der Waals surface area contributed by atoms with Gasteiger partial charge in [-0.1, -0.05) is 29.8 Å². The topological polar surface area (TPSA) is 58.5 Å². The van der Waals surface area contributed by atoms with Gasteiger partial charge in [-0.05, 0) is 62.4 Å². The Hall–Kier alpha value is -2.14. The van der Waals surface area contributed by atoms with Crippen LogP contribution in [-0.2, 0) is 16.4 Å². The number of hydrogen-bond donors (Lipinski definition) is 1. The summed E-state index contributed by atoms with van der Waals surface area (Å²) in [6, 6.07) is 12.6. The number of rotatable bonds is 3. The lowest BCUT2D eigenvalue weighted by molar-refractivity contribution is 0.584. The first-order valence-electron chi connectivity index (χ1n) is 7.71. The summed E-state index contributed by atoms with van der Waals surface area (Å²) in [7, 11) is -3.62. The van der Waals surface area contributed by atoms with Crippen LogP contribution in [0.3, 0.4) is 0 Å². The second kappa shape index (κ2) is 6.16. The summed E-state index contributed by atoms with van der Waals surface area (Å²) in [6.45, 7) is 4.15. The number of sulfonamides is 1. The molecular weight excluding hydrogens is 308 g/mol. The molecule has 120 valence electrons. The highest BCUT2D eigenvalue weighted by atomic mass is 32.2. The molecule has 0 saturated carbocycles. The summed E-state index contributed by atoms with van der Waals surface area (Å²) in [5.41, 5.74) is 5.58. The second-order valence-electron chi connectivity index (χ2n) is 5.93. The third-order valence-electron chi connectivity index (χ3n) is 4.12. The molecule has 4 nitrogen and oxygen atoms in total. The molecule has 0 bridgehead atoms. The summed E-state index contributed by atoms with van der Waals surface area (Å²) >= 11 is 0. The van der Waals surface area contributed by atoms with Crippen molar-refractivity contribution in [1.29, 1.82) is 0 Å². The number of fused-ring (bicyclic) bond motifs is 1. The van der Waals surface area contributed by atoms with E-state index in [4.69, 9.17) is 0 Å². The van der Waals surface area contributed by atoms with E-state index in [9.17, 15) is 8.42 Å². The quantitative estimate of drug-likeness (QED) is 0.879. The summed E-state index contributed by atoms with van der Waals surface area (Å²) in [5.74, 6) is 0. The van der Waals surface area contributed by atoms with Crippen molar-refractivity contribution in [3.05, 3.63) is 64.7 Å². The van der Waals surface area contributed by atoms with Gasteiger partial charge in [0.2, 0.25) is 0 Å². The lowest BCUT2D eigenvalue weighted by Crippen LogP contribution is -2.23. The Labute approximate surface area is 137 Å². The molecule has 0 radical (unpaired) electrons. The van der Waals surface area contributed by atoms with Gasteiger partial charge in [0.15, 0.2) is 0 Å². The van der Waals surface area contributed by atoms with Gasteiger partial charge >= 0.3 is 0 Å². The zero-order valence-electron chi connectivity index (χ0n) is 13.3. The minimum Gasteiger partial charge on any atom is -0.200 e. The fourth-order valence-electron chi connectivity index (χ4n) is 3.04. The van der Waals surface area contributed by atoms with E-state index < -0.39 is 10.0 Å². The van der Waals surface area contributed by atoms with Crippen molar-refractivity contribution in [3.8, 4) is 0 Å². The predicted molar refractivity (Wildman–Crippen MR) is 92.2 cm³/mol. The number of hydrazone groups is 1. The monoisotopic (exact) mass is 328 g/mol. The van der Waals surface area contributed by atoms with E-state index in [1.54, 1.807) is 30.3 Å². The van der Waals surface area contributed by atoms with Crippen LogP contribution in [0.15, 0.2) is 52.5 Å². The summed E-state index contributed by atoms with van der Waals surface area (Å²) in [5, 5.41) is 4.23. The molecule has 0 unspecified atom stereocenters. The fraction of sp³-hybridized carbons (Fsp3) is 0.278. The number of aryl methyl sites for hydroxylation is 2. The smallest absolute Gasteiger partial charge is 0.200 e. The van der Waals surface area contributed by atoms with E-state index in [1.807, 2.05) is 6.92 Å². The summed E-state index contributed by atoms with van der Waals surface area (Å²) in [6.07, 6.45) is 2.79. The highest BCUT2D eigenvalue weighted by Gasteiger charge is 2.19. The summed E-state index contributed by atoms with van der Waals surface area (Å²) in [4.78, 5) is 2.61. The Morgan fingerprint density at radius 3 is 2.52 bits per heavy atom. The van der Waals surface area contributed by atoms with Gasteiger partial charge < -0.3 is 0 Å². The fourth-order valence-corrected chi connectivity index (χ4v) is 3.89. The lowest BCUT2D eigenvalue weighted by Gasteiger charge is -2.20. The van der Waals surface area contributed by atoms with Gasteiger partial charge in [-0.2, -0.15) is 18.4 Å². The molecule has 1 aliphatic carbocycles. The molecule has 0 amide bonds. The molecule has 0 aromatic heterocycles. The van der Waals surface area contributed by atoms with Crippen molar-refractivity contribution in [3.63, 3.8) is 0 Å². The highest BCUT2D eigenvalue weighted by molar-refractivity contribution is 7.89. The predicted octanol–water partition coefficient (Wildman–Crippen LogP) is 3.32. The molecule has 0 atom stereocenters. The van der Waals surface area contributed by atoms with E-state index in [-0.39, 0.29) is 4.90 Å². The maximum Gasteiger partial charge on any atom is 0.276 e. The van der Waals surface area contributed by atoms with Crippen LogP contribution < -0.4 is 4.83 Å². The average Bonchev–Trinajstić information content (AvgIpc) is 2.54. The van der Waals surface area contributed by atoms with E-state index >= 15 is 0 Å². The largest absolute Gasteiger partial charge is 0.276 e. The molecular formula is C18H20N2O2S. The van der Waals surface area contributed by atoms with Crippen LogP contribution in [0.2, 0.25) is 0 Å². The maximum atomic E-state index is 12.3. The number of nitrogens with zero attached hydrogens (tertiary/aromatic N) is 1. The minimum atomic E-state index is -3.62. The molecule has 5 heteroatoms. The third-order valence-corrected chi connectivity index (χ3v) is 5.35. The van der Waals surface area contributed by atoms with Gasteiger partial charge in [0.05, 0.1) is 10.6 Å². The van der Waals surface area contributed by atoms with Crippen LogP contribution in [0.4, 0.5) is 0 Å². The van der Waals surface area contributed by atoms with Gasteiger partial charge in [-0.3, -0.25) is 0 Å². The lowest BCUT2D eigenvalue weighted by atomic mass is 9.86. The minimum absolute atomic E-state index is 0.223. The molecule has 2 aromatic rings. The van der Waals surface area contributed by atoms with Crippen molar-refractivity contribution >= 4 is 15.7 Å². The van der Waals surface area contributed by atoms with Crippen molar-refractivity contribution in [2.24, 2.45) is 5.10 Å². The number of hydrogen-bond acceptors (Lipinski definition) is 3. The van der Waals surface area contributed by atoms with Gasteiger partial charge in [0.1, 0.15) is 0 Å². The normalized spacial score (nSPS) is 16.2. The molecule has 0 spiro atoms. The maximum absolute atomic E-state index is 12.3. The van der Waals surface area contributed by atoms with E-state index in [2.05, 4.69) is 29.0 Å². The van der Waals surface area contributed by atoms with Crippen LogP contribution in [0.1, 0.15) is 35.1 Å². The molecule has 0 aliphatic heterocycles. The van der Waals surface area contributed by atoms with Crippen molar-refractivity contribution in [1.82, 2.24) is 4.83 Å². The van der Waals surface area contributed by atoms with E-state index in [1.165, 1.54) is 16.7 Å². The molecule has 0 heterocycles.